The molecule has 1 aromatic rings. The Labute approximate surface area is 149 Å². The second-order valence-electron chi connectivity index (χ2n) is 7.11. The molecule has 0 bridgehead atoms. The van der Waals surface area contributed by atoms with Crippen molar-refractivity contribution in [1.82, 2.24) is 10.2 Å². The smallest absolute Gasteiger partial charge is 0.407 e. The molecule has 1 aliphatic heterocycles. The summed E-state index contributed by atoms with van der Waals surface area (Å²) in [6.07, 6.45) is 1.80. The van der Waals surface area contributed by atoms with Crippen molar-refractivity contribution in [2.75, 3.05) is 20.2 Å². The lowest BCUT2D eigenvalue weighted by Crippen LogP contribution is -2.41. The van der Waals surface area contributed by atoms with Crippen LogP contribution in [0.5, 0.6) is 5.75 Å². The number of halogens is 1. The predicted octanol–water partition coefficient (Wildman–Crippen LogP) is 3.84. The van der Waals surface area contributed by atoms with Crippen molar-refractivity contribution in [3.05, 3.63) is 28.8 Å². The maximum absolute atomic E-state index is 11.8. The number of nitrogens with zero attached hydrogens (tertiary/aromatic N) is 1. The summed E-state index contributed by atoms with van der Waals surface area (Å²) in [7, 11) is 1.66. The lowest BCUT2D eigenvalue weighted by Gasteiger charge is -2.26. The largest absolute Gasteiger partial charge is 0.496 e. The number of alkyl carbamates (subject to hydrolysis) is 1. The molecule has 1 fully saturated rings. The van der Waals surface area contributed by atoms with Gasteiger partial charge in [-0.05, 0) is 58.4 Å². The summed E-state index contributed by atoms with van der Waals surface area (Å²) in [6, 6.07) is 5.95. The molecule has 0 unspecified atom stereocenters. The van der Waals surface area contributed by atoms with Crippen LogP contribution in [0.3, 0.4) is 0 Å². The Morgan fingerprint density at radius 2 is 2.17 bits per heavy atom. The minimum Gasteiger partial charge on any atom is -0.496 e. The predicted molar refractivity (Wildman–Crippen MR) is 95.7 cm³/mol. The summed E-state index contributed by atoms with van der Waals surface area (Å²) < 4.78 is 10.7. The number of ether oxygens (including phenoxy) is 2. The van der Waals surface area contributed by atoms with Crippen LogP contribution in [0.25, 0.3) is 0 Å². The summed E-state index contributed by atoms with van der Waals surface area (Å²) in [4.78, 5) is 14.2. The van der Waals surface area contributed by atoms with Crippen LogP contribution >= 0.6 is 11.6 Å². The van der Waals surface area contributed by atoms with E-state index in [-0.39, 0.29) is 6.09 Å². The van der Waals surface area contributed by atoms with E-state index >= 15 is 0 Å². The van der Waals surface area contributed by atoms with Crippen LogP contribution in [0.15, 0.2) is 18.2 Å². The maximum Gasteiger partial charge on any atom is 0.407 e. The molecule has 134 valence electrons. The Balaban J connectivity index is 1.94. The lowest BCUT2D eigenvalue weighted by atomic mass is 10.1. The monoisotopic (exact) mass is 354 g/mol. The van der Waals surface area contributed by atoms with Crippen molar-refractivity contribution >= 4 is 17.7 Å². The Bertz CT molecular complexity index is 572. The van der Waals surface area contributed by atoms with Gasteiger partial charge in [-0.3, -0.25) is 4.90 Å². The highest BCUT2D eigenvalue weighted by Gasteiger charge is 2.26. The van der Waals surface area contributed by atoms with Crippen LogP contribution in [0.4, 0.5) is 4.79 Å². The molecule has 2 rings (SSSR count). The van der Waals surface area contributed by atoms with Crippen LogP contribution in [-0.2, 0) is 11.3 Å². The van der Waals surface area contributed by atoms with Crippen molar-refractivity contribution in [3.8, 4) is 5.75 Å². The van der Waals surface area contributed by atoms with E-state index in [9.17, 15) is 4.79 Å². The number of likely N-dealkylation sites (tertiary alicyclic amines) is 1. The van der Waals surface area contributed by atoms with E-state index in [1.54, 1.807) is 7.11 Å². The summed E-state index contributed by atoms with van der Waals surface area (Å²) in [6.45, 7) is 7.91. The fourth-order valence-electron chi connectivity index (χ4n) is 2.94. The first-order valence-electron chi connectivity index (χ1n) is 8.32. The Morgan fingerprint density at radius 3 is 2.83 bits per heavy atom. The molecule has 6 heteroatoms. The van der Waals surface area contributed by atoms with Crippen LogP contribution in [0, 0.1) is 0 Å². The van der Waals surface area contributed by atoms with Gasteiger partial charge in [0.15, 0.2) is 0 Å². The van der Waals surface area contributed by atoms with Crippen LogP contribution in [-0.4, -0.2) is 42.8 Å². The Kier molecular flexibility index (Phi) is 6.35. The molecule has 1 saturated heterocycles. The minimum atomic E-state index is -0.479. The molecular weight excluding hydrogens is 328 g/mol. The molecule has 0 aliphatic carbocycles. The van der Waals surface area contributed by atoms with Gasteiger partial charge in [0.25, 0.3) is 0 Å². The van der Waals surface area contributed by atoms with Gasteiger partial charge in [-0.1, -0.05) is 11.6 Å². The quantitative estimate of drug-likeness (QED) is 0.872. The first-order chi connectivity index (χ1) is 11.3. The number of hydrogen-bond acceptors (Lipinski definition) is 4. The van der Waals surface area contributed by atoms with Gasteiger partial charge in [-0.15, -0.1) is 0 Å². The number of nitrogens with one attached hydrogen (secondary N) is 1. The first-order valence-corrected chi connectivity index (χ1v) is 8.69. The topological polar surface area (TPSA) is 50.8 Å². The highest BCUT2D eigenvalue weighted by atomic mass is 35.5. The Hall–Kier alpha value is -1.46. The molecule has 1 amide bonds. The molecule has 0 spiro atoms. The zero-order valence-corrected chi connectivity index (χ0v) is 15.7. The molecule has 24 heavy (non-hydrogen) atoms. The number of hydrogen-bond donors (Lipinski definition) is 1. The van der Waals surface area contributed by atoms with E-state index in [0.717, 1.165) is 37.2 Å². The number of carbonyl (C=O) groups is 1. The number of carbonyl (C=O) groups excluding carboxylic acids is 1. The van der Waals surface area contributed by atoms with Gasteiger partial charge in [0.2, 0.25) is 0 Å². The normalized spacial score (nSPS) is 18.5. The van der Waals surface area contributed by atoms with E-state index in [0.29, 0.717) is 17.6 Å². The van der Waals surface area contributed by atoms with Crippen molar-refractivity contribution in [2.45, 2.75) is 51.8 Å². The van der Waals surface area contributed by atoms with Gasteiger partial charge in [-0.25, -0.2) is 4.79 Å². The van der Waals surface area contributed by atoms with Crippen LogP contribution in [0.2, 0.25) is 5.02 Å². The molecule has 1 atom stereocenters. The fourth-order valence-corrected chi connectivity index (χ4v) is 3.13. The molecule has 0 radical (unpaired) electrons. The number of methoxy groups -OCH3 is 1. The van der Waals surface area contributed by atoms with Gasteiger partial charge in [0.1, 0.15) is 11.4 Å². The highest BCUT2D eigenvalue weighted by molar-refractivity contribution is 6.30. The highest BCUT2D eigenvalue weighted by Crippen LogP contribution is 2.27. The minimum absolute atomic E-state index is 0.293. The summed E-state index contributed by atoms with van der Waals surface area (Å²) >= 11 is 6.11. The SMILES string of the molecule is COc1ccc(Cl)cc1CN1CCC[C@H]1CNC(=O)OC(C)(C)C. The molecular formula is C18H27ClN2O3. The second kappa shape index (κ2) is 8.08. The third-order valence-corrected chi connectivity index (χ3v) is 4.23. The zero-order chi connectivity index (χ0) is 17.7. The molecule has 1 N–H and O–H groups in total. The number of amides is 1. The zero-order valence-electron chi connectivity index (χ0n) is 14.9. The average Bonchev–Trinajstić information content (AvgIpc) is 2.91. The van der Waals surface area contributed by atoms with E-state index in [4.69, 9.17) is 21.1 Å². The van der Waals surface area contributed by atoms with Crippen molar-refractivity contribution in [2.24, 2.45) is 0 Å². The number of rotatable bonds is 5. The number of benzene rings is 1. The second-order valence-corrected chi connectivity index (χ2v) is 7.54. The van der Waals surface area contributed by atoms with Crippen molar-refractivity contribution in [1.29, 1.82) is 0 Å². The molecule has 0 saturated carbocycles. The van der Waals surface area contributed by atoms with Gasteiger partial charge in [0, 0.05) is 29.7 Å². The standard InChI is InChI=1S/C18H27ClN2O3/c1-18(2,3)24-17(22)20-11-15-6-5-9-21(15)12-13-10-14(19)7-8-16(13)23-4/h7-8,10,15H,5-6,9,11-12H2,1-4H3,(H,20,22)/t15-/m0/s1. The summed E-state index contributed by atoms with van der Waals surface area (Å²) in [5.74, 6) is 0.838. The first kappa shape index (κ1) is 18.9. The maximum atomic E-state index is 11.8. The van der Waals surface area contributed by atoms with Crippen molar-refractivity contribution in [3.63, 3.8) is 0 Å². The fraction of sp³-hybridized carbons (Fsp3) is 0.611. The van der Waals surface area contributed by atoms with Gasteiger partial charge >= 0.3 is 6.09 Å². The van der Waals surface area contributed by atoms with Gasteiger partial charge in [-0.2, -0.15) is 0 Å². The molecule has 1 heterocycles. The van der Waals surface area contributed by atoms with E-state index in [1.807, 2.05) is 39.0 Å². The molecule has 0 aromatic heterocycles. The molecule has 5 nitrogen and oxygen atoms in total. The van der Waals surface area contributed by atoms with Crippen molar-refractivity contribution < 1.29 is 14.3 Å². The Morgan fingerprint density at radius 1 is 1.42 bits per heavy atom. The van der Waals surface area contributed by atoms with E-state index in [1.165, 1.54) is 0 Å². The van der Waals surface area contributed by atoms with Gasteiger partial charge < -0.3 is 14.8 Å². The lowest BCUT2D eigenvalue weighted by molar-refractivity contribution is 0.0512. The van der Waals surface area contributed by atoms with E-state index in [2.05, 4.69) is 10.2 Å². The third kappa shape index (κ3) is 5.56. The summed E-state index contributed by atoms with van der Waals surface area (Å²) in [5.41, 5.74) is 0.585. The average molecular weight is 355 g/mol. The molecule has 1 aromatic carbocycles. The van der Waals surface area contributed by atoms with Gasteiger partial charge in [0.05, 0.1) is 7.11 Å². The third-order valence-electron chi connectivity index (χ3n) is 4.00. The molecule has 1 aliphatic rings. The summed E-state index contributed by atoms with van der Waals surface area (Å²) in [5, 5.41) is 3.58. The van der Waals surface area contributed by atoms with E-state index < -0.39 is 5.60 Å². The van der Waals surface area contributed by atoms with Crippen LogP contribution in [0.1, 0.15) is 39.2 Å². The van der Waals surface area contributed by atoms with Crippen LogP contribution < -0.4 is 10.1 Å².